The molecule has 20 heavy (non-hydrogen) atoms. The summed E-state index contributed by atoms with van der Waals surface area (Å²) < 4.78 is 5.50. The van der Waals surface area contributed by atoms with Crippen molar-refractivity contribution < 1.29 is 4.74 Å². The molecule has 2 heteroatoms. The second kappa shape index (κ2) is 6.00. The molecule has 2 nitrogen and oxygen atoms in total. The van der Waals surface area contributed by atoms with Crippen LogP contribution in [0, 0.1) is 20.8 Å². The predicted octanol–water partition coefficient (Wildman–Crippen LogP) is 4.79. The van der Waals surface area contributed by atoms with Gasteiger partial charge in [0.1, 0.15) is 5.75 Å². The van der Waals surface area contributed by atoms with Crippen LogP contribution in [-0.4, -0.2) is 7.11 Å². The predicted molar refractivity (Wildman–Crippen MR) is 85.7 cm³/mol. The molecule has 0 saturated carbocycles. The van der Waals surface area contributed by atoms with Gasteiger partial charge in [-0.15, -0.1) is 0 Å². The molecule has 0 heterocycles. The maximum absolute atomic E-state index is 5.50. The average Bonchev–Trinajstić information content (AvgIpc) is 2.42. The van der Waals surface area contributed by atoms with Crippen molar-refractivity contribution in [1.82, 2.24) is 0 Å². The van der Waals surface area contributed by atoms with E-state index < -0.39 is 0 Å². The van der Waals surface area contributed by atoms with Crippen LogP contribution in [-0.2, 0) is 0 Å². The summed E-state index contributed by atoms with van der Waals surface area (Å²) >= 11 is 0. The molecule has 1 unspecified atom stereocenters. The lowest BCUT2D eigenvalue weighted by Crippen LogP contribution is -2.09. The van der Waals surface area contributed by atoms with Crippen molar-refractivity contribution in [3.8, 4) is 5.75 Å². The van der Waals surface area contributed by atoms with Crippen LogP contribution in [0.4, 0.5) is 5.69 Å². The van der Waals surface area contributed by atoms with E-state index in [-0.39, 0.29) is 6.04 Å². The Labute approximate surface area is 121 Å². The number of methoxy groups -OCH3 is 1. The Hall–Kier alpha value is -1.96. The Bertz CT molecular complexity index is 604. The zero-order valence-corrected chi connectivity index (χ0v) is 12.9. The minimum atomic E-state index is 0.200. The molecule has 0 amide bonds. The summed E-state index contributed by atoms with van der Waals surface area (Å²) in [5, 5.41) is 3.58. The molecule has 0 bridgehead atoms. The average molecular weight is 269 g/mol. The zero-order valence-electron chi connectivity index (χ0n) is 12.9. The van der Waals surface area contributed by atoms with E-state index in [1.807, 2.05) is 0 Å². The first kappa shape index (κ1) is 14.4. The summed E-state index contributed by atoms with van der Waals surface area (Å²) in [7, 11) is 1.73. The lowest BCUT2D eigenvalue weighted by atomic mass is 10.0. The summed E-state index contributed by atoms with van der Waals surface area (Å²) in [4.78, 5) is 0. The van der Waals surface area contributed by atoms with Gasteiger partial charge in [-0.05, 0) is 56.5 Å². The van der Waals surface area contributed by atoms with Crippen LogP contribution in [0.1, 0.15) is 35.2 Å². The Morgan fingerprint density at radius 2 is 1.60 bits per heavy atom. The Kier molecular flexibility index (Phi) is 4.33. The van der Waals surface area contributed by atoms with Crippen LogP contribution in [0.3, 0.4) is 0 Å². The highest BCUT2D eigenvalue weighted by Crippen LogP contribution is 2.29. The number of benzene rings is 2. The largest absolute Gasteiger partial charge is 0.496 e. The minimum absolute atomic E-state index is 0.200. The number of nitrogens with one attached hydrogen (secondary N) is 1. The van der Waals surface area contributed by atoms with Crippen LogP contribution in [0.15, 0.2) is 36.4 Å². The Morgan fingerprint density at radius 1 is 0.950 bits per heavy atom. The third kappa shape index (κ3) is 3.13. The van der Waals surface area contributed by atoms with E-state index in [2.05, 4.69) is 69.4 Å². The fraction of sp³-hybridized carbons (Fsp3) is 0.333. The van der Waals surface area contributed by atoms with Crippen LogP contribution in [0.25, 0.3) is 0 Å². The molecule has 2 rings (SSSR count). The second-order valence-electron chi connectivity index (χ2n) is 5.43. The van der Waals surface area contributed by atoms with Crippen molar-refractivity contribution in [2.24, 2.45) is 0 Å². The van der Waals surface area contributed by atoms with Gasteiger partial charge >= 0.3 is 0 Å². The van der Waals surface area contributed by atoms with Crippen LogP contribution in [0.5, 0.6) is 5.75 Å². The normalized spacial score (nSPS) is 12.1. The highest BCUT2D eigenvalue weighted by molar-refractivity contribution is 5.55. The summed E-state index contributed by atoms with van der Waals surface area (Å²) in [6, 6.07) is 13.0. The molecule has 0 fully saturated rings. The van der Waals surface area contributed by atoms with Crippen LogP contribution in [0.2, 0.25) is 0 Å². The molecular formula is C18H23NO. The molecule has 0 saturated heterocycles. The fourth-order valence-corrected chi connectivity index (χ4v) is 2.38. The molecule has 0 aliphatic carbocycles. The SMILES string of the molecule is COc1cc(C)ccc1C(C)Nc1cc(C)ccc1C. The maximum Gasteiger partial charge on any atom is 0.124 e. The first-order valence-electron chi connectivity index (χ1n) is 6.99. The van der Waals surface area contributed by atoms with Crippen molar-refractivity contribution in [2.75, 3.05) is 12.4 Å². The van der Waals surface area contributed by atoms with Gasteiger partial charge in [-0.25, -0.2) is 0 Å². The molecule has 0 spiro atoms. The van der Waals surface area contributed by atoms with E-state index in [1.54, 1.807) is 7.11 Å². The molecule has 2 aromatic carbocycles. The molecule has 0 aliphatic heterocycles. The van der Waals surface area contributed by atoms with Gasteiger partial charge in [-0.1, -0.05) is 24.3 Å². The molecular weight excluding hydrogens is 246 g/mol. The van der Waals surface area contributed by atoms with E-state index in [0.717, 1.165) is 5.75 Å². The highest BCUT2D eigenvalue weighted by Gasteiger charge is 2.12. The summed E-state index contributed by atoms with van der Waals surface area (Å²) in [5.41, 5.74) is 6.10. The third-order valence-corrected chi connectivity index (χ3v) is 3.62. The van der Waals surface area contributed by atoms with Gasteiger partial charge in [0.05, 0.1) is 13.2 Å². The minimum Gasteiger partial charge on any atom is -0.496 e. The van der Waals surface area contributed by atoms with E-state index in [9.17, 15) is 0 Å². The van der Waals surface area contributed by atoms with Gasteiger partial charge in [0, 0.05) is 11.3 Å². The summed E-state index contributed by atoms with van der Waals surface area (Å²) in [6.07, 6.45) is 0. The Morgan fingerprint density at radius 3 is 2.30 bits per heavy atom. The van der Waals surface area contributed by atoms with Crippen molar-refractivity contribution in [2.45, 2.75) is 33.7 Å². The number of rotatable bonds is 4. The Balaban J connectivity index is 2.28. The van der Waals surface area contributed by atoms with E-state index in [1.165, 1.54) is 27.9 Å². The smallest absolute Gasteiger partial charge is 0.124 e. The van der Waals surface area contributed by atoms with E-state index in [0.29, 0.717) is 0 Å². The standard InChI is InChI=1S/C18H23NO/c1-12-6-8-14(3)17(10-12)19-15(4)16-9-7-13(2)11-18(16)20-5/h6-11,15,19H,1-5H3. The van der Waals surface area contributed by atoms with Crippen LogP contribution < -0.4 is 10.1 Å². The van der Waals surface area contributed by atoms with Gasteiger partial charge in [0.15, 0.2) is 0 Å². The molecule has 0 radical (unpaired) electrons. The van der Waals surface area contributed by atoms with Gasteiger partial charge in [0.25, 0.3) is 0 Å². The summed E-state index contributed by atoms with van der Waals surface area (Å²) in [6.45, 7) is 8.48. The van der Waals surface area contributed by atoms with Crippen molar-refractivity contribution in [3.05, 3.63) is 58.7 Å². The summed E-state index contributed by atoms with van der Waals surface area (Å²) in [5.74, 6) is 0.940. The molecule has 1 N–H and O–H groups in total. The van der Waals surface area contributed by atoms with Crippen molar-refractivity contribution >= 4 is 5.69 Å². The van der Waals surface area contributed by atoms with Crippen molar-refractivity contribution in [3.63, 3.8) is 0 Å². The van der Waals surface area contributed by atoms with Crippen molar-refractivity contribution in [1.29, 1.82) is 0 Å². The topological polar surface area (TPSA) is 21.3 Å². The molecule has 2 aromatic rings. The van der Waals surface area contributed by atoms with Gasteiger partial charge in [-0.3, -0.25) is 0 Å². The number of anilines is 1. The number of ether oxygens (including phenoxy) is 1. The molecule has 0 aliphatic rings. The quantitative estimate of drug-likeness (QED) is 0.861. The number of hydrogen-bond acceptors (Lipinski definition) is 2. The molecule has 1 atom stereocenters. The lowest BCUT2D eigenvalue weighted by Gasteiger charge is -2.20. The monoisotopic (exact) mass is 269 g/mol. The lowest BCUT2D eigenvalue weighted by molar-refractivity contribution is 0.407. The van der Waals surface area contributed by atoms with Gasteiger partial charge in [-0.2, -0.15) is 0 Å². The van der Waals surface area contributed by atoms with Gasteiger partial charge in [0.2, 0.25) is 0 Å². The second-order valence-corrected chi connectivity index (χ2v) is 5.43. The van der Waals surface area contributed by atoms with Crippen LogP contribution >= 0.6 is 0 Å². The fourth-order valence-electron chi connectivity index (χ4n) is 2.38. The van der Waals surface area contributed by atoms with E-state index in [4.69, 9.17) is 4.74 Å². The molecule has 106 valence electrons. The first-order valence-corrected chi connectivity index (χ1v) is 6.99. The third-order valence-electron chi connectivity index (χ3n) is 3.62. The maximum atomic E-state index is 5.50. The zero-order chi connectivity index (χ0) is 14.7. The number of hydrogen-bond donors (Lipinski definition) is 1. The molecule has 0 aromatic heterocycles. The first-order chi connectivity index (χ1) is 9.51. The number of aryl methyl sites for hydroxylation is 3. The van der Waals surface area contributed by atoms with E-state index >= 15 is 0 Å². The van der Waals surface area contributed by atoms with Gasteiger partial charge < -0.3 is 10.1 Å². The highest BCUT2D eigenvalue weighted by atomic mass is 16.5.